The minimum atomic E-state index is -1.00. The fraction of sp³-hybridized carbons (Fsp3) is 0.345. The molecule has 1 aromatic heterocycles. The Labute approximate surface area is 224 Å². The number of amides is 1. The lowest BCUT2D eigenvalue weighted by atomic mass is 9.84. The number of rotatable bonds is 7. The summed E-state index contributed by atoms with van der Waals surface area (Å²) in [5.74, 6) is -2.73. The van der Waals surface area contributed by atoms with Crippen molar-refractivity contribution >= 4 is 11.6 Å². The molecule has 39 heavy (non-hydrogen) atoms. The maximum absolute atomic E-state index is 14.0. The second-order valence-electron chi connectivity index (χ2n) is 10.1. The maximum Gasteiger partial charge on any atom is 0.262 e. The Morgan fingerprint density at radius 2 is 1.77 bits per heavy atom. The molecule has 1 fully saturated rings. The second kappa shape index (κ2) is 11.2. The van der Waals surface area contributed by atoms with Gasteiger partial charge in [-0.05, 0) is 48.2 Å². The molecule has 0 radical (unpaired) electrons. The summed E-state index contributed by atoms with van der Waals surface area (Å²) in [4.78, 5) is 24.7. The van der Waals surface area contributed by atoms with E-state index in [1.165, 1.54) is 17.0 Å². The highest BCUT2D eigenvalue weighted by molar-refractivity contribution is 6.12. The highest BCUT2D eigenvalue weighted by Gasteiger charge is 2.43. The van der Waals surface area contributed by atoms with E-state index in [0.29, 0.717) is 17.7 Å². The third-order valence-electron chi connectivity index (χ3n) is 7.28. The molecule has 3 heterocycles. The number of benzene rings is 2. The van der Waals surface area contributed by atoms with E-state index in [1.807, 2.05) is 24.3 Å². The number of nitrogens with zero attached hydrogens (tertiary/aromatic N) is 4. The fourth-order valence-corrected chi connectivity index (χ4v) is 5.00. The molecule has 0 N–H and O–H groups in total. The normalized spacial score (nSPS) is 16.8. The Bertz CT molecular complexity index is 1390. The number of ether oxygens (including phenoxy) is 1. The molecule has 1 saturated heterocycles. The molecule has 7 nitrogen and oxygen atoms in total. The van der Waals surface area contributed by atoms with Crippen molar-refractivity contribution in [1.29, 1.82) is 0 Å². The molecule has 0 unspecified atom stereocenters. The molecule has 0 atom stereocenters. The van der Waals surface area contributed by atoms with Crippen LogP contribution in [0.15, 0.2) is 59.9 Å². The minimum Gasteiger partial charge on any atom is -0.385 e. The van der Waals surface area contributed by atoms with Crippen LogP contribution in [0.2, 0.25) is 0 Å². The lowest BCUT2D eigenvalue weighted by Gasteiger charge is -2.39. The number of hydrogen-bond acceptors (Lipinski definition) is 6. The third-order valence-corrected chi connectivity index (χ3v) is 7.28. The quantitative estimate of drug-likeness (QED) is 0.254. The topological polar surface area (TPSA) is 67.3 Å². The van der Waals surface area contributed by atoms with Gasteiger partial charge in [0.05, 0.1) is 12.2 Å². The number of pyridine rings is 1. The van der Waals surface area contributed by atoms with Crippen LogP contribution in [-0.2, 0) is 33.1 Å². The number of likely N-dealkylation sites (N-methyl/N-ethyl adjacent to an activating group) is 1. The van der Waals surface area contributed by atoms with Crippen LogP contribution >= 0.6 is 0 Å². The molecule has 1 spiro atoms. The van der Waals surface area contributed by atoms with Crippen molar-refractivity contribution in [2.24, 2.45) is 5.16 Å². The lowest BCUT2D eigenvalue weighted by Crippen LogP contribution is -2.42. The number of halogens is 3. The molecule has 2 aliphatic rings. The summed E-state index contributed by atoms with van der Waals surface area (Å²) in [5, 5.41) is 4.09. The van der Waals surface area contributed by atoms with Crippen molar-refractivity contribution in [3.8, 4) is 0 Å². The molecule has 1 amide bonds. The van der Waals surface area contributed by atoms with Crippen LogP contribution in [0.5, 0.6) is 0 Å². The first kappa shape index (κ1) is 26.8. The zero-order valence-electron chi connectivity index (χ0n) is 21.8. The van der Waals surface area contributed by atoms with Crippen LogP contribution in [0, 0.1) is 17.6 Å². The van der Waals surface area contributed by atoms with Gasteiger partial charge in [0.1, 0.15) is 5.71 Å². The van der Waals surface area contributed by atoms with E-state index in [9.17, 15) is 18.0 Å². The fourth-order valence-electron chi connectivity index (χ4n) is 5.00. The van der Waals surface area contributed by atoms with E-state index < -0.39 is 23.2 Å². The highest BCUT2D eigenvalue weighted by atomic mass is 19.2. The monoisotopic (exact) mass is 538 g/mol. The largest absolute Gasteiger partial charge is 0.385 e. The second-order valence-corrected chi connectivity index (χ2v) is 10.1. The SMILES string of the molecule is CN(C)C(=O)CO/N=C(/c1ccc(CN2CCC3(CC2)OCc2cc(F)ncc23)cc1)c1ccc(F)c(F)c1. The molecule has 5 rings (SSSR count). The number of carbonyl (C=O) groups excluding carboxylic acids is 1. The summed E-state index contributed by atoms with van der Waals surface area (Å²) in [6.07, 6.45) is 3.20. The Morgan fingerprint density at radius 1 is 1.05 bits per heavy atom. The lowest BCUT2D eigenvalue weighted by molar-refractivity contribution is -0.133. The van der Waals surface area contributed by atoms with Gasteiger partial charge in [0.25, 0.3) is 5.91 Å². The van der Waals surface area contributed by atoms with Crippen LogP contribution in [0.3, 0.4) is 0 Å². The Hall–Kier alpha value is -3.76. The maximum atomic E-state index is 14.0. The summed E-state index contributed by atoms with van der Waals surface area (Å²) in [7, 11) is 3.20. The Balaban J connectivity index is 1.27. The first-order valence-corrected chi connectivity index (χ1v) is 12.7. The third kappa shape index (κ3) is 5.81. The van der Waals surface area contributed by atoms with Gasteiger partial charge in [-0.1, -0.05) is 29.4 Å². The first-order chi connectivity index (χ1) is 18.7. The van der Waals surface area contributed by atoms with Crippen molar-refractivity contribution in [1.82, 2.24) is 14.8 Å². The molecular formula is C29H29F3N4O3. The number of fused-ring (bicyclic) bond motifs is 2. The molecular weight excluding hydrogens is 509 g/mol. The molecule has 204 valence electrons. The number of carbonyl (C=O) groups is 1. The van der Waals surface area contributed by atoms with Crippen molar-refractivity contribution in [3.63, 3.8) is 0 Å². The summed E-state index contributed by atoms with van der Waals surface area (Å²) in [6, 6.07) is 12.5. The van der Waals surface area contributed by atoms with Crippen LogP contribution in [-0.4, -0.2) is 60.2 Å². The molecule has 3 aromatic rings. The van der Waals surface area contributed by atoms with E-state index >= 15 is 0 Å². The molecule has 0 aliphatic carbocycles. The number of oxime groups is 1. The molecule has 0 bridgehead atoms. The average Bonchev–Trinajstić information content (AvgIpc) is 3.27. The Kier molecular flexibility index (Phi) is 7.67. The standard InChI is InChI=1S/C29H29F3N4O3/c1-35(2)27(37)18-39-34-28(21-7-8-24(30)25(31)13-21)20-5-3-19(4-6-20)16-36-11-9-29(10-12-36)23-15-33-26(32)14-22(23)17-38-29/h3-8,13-15H,9-12,16-18H2,1-2H3/b34-28-. The zero-order valence-corrected chi connectivity index (χ0v) is 21.8. The molecule has 10 heteroatoms. The van der Waals surface area contributed by atoms with E-state index in [2.05, 4.69) is 15.0 Å². The van der Waals surface area contributed by atoms with Gasteiger partial charge in [-0.3, -0.25) is 9.69 Å². The number of piperidine rings is 1. The summed E-state index contributed by atoms with van der Waals surface area (Å²) < 4.78 is 47.2. The van der Waals surface area contributed by atoms with Crippen molar-refractivity contribution in [2.45, 2.75) is 31.6 Å². The van der Waals surface area contributed by atoms with E-state index in [0.717, 1.165) is 61.3 Å². The van der Waals surface area contributed by atoms with Gasteiger partial charge < -0.3 is 14.5 Å². The average molecular weight is 539 g/mol. The summed E-state index contributed by atoms with van der Waals surface area (Å²) in [5.41, 5.74) is 3.78. The van der Waals surface area contributed by atoms with E-state index in [-0.39, 0.29) is 18.2 Å². The minimum absolute atomic E-state index is 0.281. The van der Waals surface area contributed by atoms with Gasteiger partial charge in [-0.25, -0.2) is 13.8 Å². The van der Waals surface area contributed by atoms with Crippen molar-refractivity contribution in [2.75, 3.05) is 33.8 Å². The zero-order chi connectivity index (χ0) is 27.6. The molecule has 2 aromatic carbocycles. The van der Waals surface area contributed by atoms with Crippen LogP contribution in [0.1, 0.15) is 40.7 Å². The summed E-state index contributed by atoms with van der Waals surface area (Å²) >= 11 is 0. The van der Waals surface area contributed by atoms with Gasteiger partial charge in [0.15, 0.2) is 18.2 Å². The van der Waals surface area contributed by atoms with Crippen molar-refractivity contribution < 1.29 is 27.5 Å². The van der Waals surface area contributed by atoms with Gasteiger partial charge >= 0.3 is 0 Å². The summed E-state index contributed by atoms with van der Waals surface area (Å²) in [6.45, 7) is 2.47. The molecule has 2 aliphatic heterocycles. The van der Waals surface area contributed by atoms with Crippen LogP contribution in [0.25, 0.3) is 0 Å². The van der Waals surface area contributed by atoms with Gasteiger partial charge in [-0.2, -0.15) is 4.39 Å². The number of aromatic nitrogens is 1. The highest BCUT2D eigenvalue weighted by Crippen LogP contribution is 2.44. The number of hydrogen-bond donors (Lipinski definition) is 0. The van der Waals surface area contributed by atoms with Gasteiger partial charge in [0.2, 0.25) is 5.95 Å². The van der Waals surface area contributed by atoms with Crippen LogP contribution in [0.4, 0.5) is 13.2 Å². The van der Waals surface area contributed by atoms with Crippen molar-refractivity contribution in [3.05, 3.63) is 100 Å². The van der Waals surface area contributed by atoms with Gasteiger partial charge in [0, 0.05) is 56.6 Å². The van der Waals surface area contributed by atoms with E-state index in [1.54, 1.807) is 20.3 Å². The predicted octanol–water partition coefficient (Wildman–Crippen LogP) is 4.38. The molecule has 0 saturated carbocycles. The first-order valence-electron chi connectivity index (χ1n) is 12.7. The van der Waals surface area contributed by atoms with E-state index in [4.69, 9.17) is 9.57 Å². The Morgan fingerprint density at radius 3 is 2.46 bits per heavy atom. The van der Waals surface area contributed by atoms with Crippen LogP contribution < -0.4 is 0 Å². The van der Waals surface area contributed by atoms with Gasteiger partial charge in [-0.15, -0.1) is 0 Å². The predicted molar refractivity (Wildman–Crippen MR) is 138 cm³/mol. The smallest absolute Gasteiger partial charge is 0.262 e. The number of likely N-dealkylation sites (tertiary alicyclic amines) is 1.